The molecule has 0 aliphatic heterocycles. The smallest absolute Gasteiger partial charge is 0.244 e. The minimum Gasteiger partial charge on any atom is -0.491 e. The predicted octanol–water partition coefficient (Wildman–Crippen LogP) is 4.75. The number of hydrogen-bond acceptors (Lipinski definition) is 3. The molecule has 0 fully saturated rings. The van der Waals surface area contributed by atoms with Gasteiger partial charge in [0.05, 0.1) is 24.1 Å². The third kappa shape index (κ3) is 5.20. The van der Waals surface area contributed by atoms with Crippen LogP contribution in [0.5, 0.6) is 5.75 Å². The van der Waals surface area contributed by atoms with E-state index in [0.717, 1.165) is 33.7 Å². The zero-order chi connectivity index (χ0) is 21.5. The largest absolute Gasteiger partial charge is 0.491 e. The number of imidazole rings is 1. The summed E-state index contributed by atoms with van der Waals surface area (Å²) in [4.78, 5) is 17.0. The maximum absolute atomic E-state index is 12.3. The van der Waals surface area contributed by atoms with Crippen LogP contribution in [0.15, 0.2) is 84.9 Å². The summed E-state index contributed by atoms with van der Waals surface area (Å²) in [6, 6.07) is 25.7. The third-order valence-corrected chi connectivity index (χ3v) is 5.05. The van der Waals surface area contributed by atoms with Gasteiger partial charge >= 0.3 is 0 Å². The van der Waals surface area contributed by atoms with Gasteiger partial charge in [0.1, 0.15) is 18.2 Å². The number of ether oxygens (including phenoxy) is 1. The van der Waals surface area contributed by atoms with Crippen molar-refractivity contribution in [3.63, 3.8) is 0 Å². The Labute approximate surface area is 182 Å². The summed E-state index contributed by atoms with van der Waals surface area (Å²) < 4.78 is 8.09. The highest BCUT2D eigenvalue weighted by Gasteiger charge is 2.11. The van der Waals surface area contributed by atoms with E-state index in [1.54, 1.807) is 12.2 Å². The lowest BCUT2D eigenvalue weighted by Crippen LogP contribution is -2.23. The number of nitrogens with one attached hydrogen (secondary N) is 1. The Bertz CT molecular complexity index is 1200. The molecule has 3 aromatic carbocycles. The van der Waals surface area contributed by atoms with Gasteiger partial charge in [0.15, 0.2) is 0 Å². The van der Waals surface area contributed by atoms with Gasteiger partial charge in [0.25, 0.3) is 0 Å². The van der Waals surface area contributed by atoms with E-state index in [-0.39, 0.29) is 5.91 Å². The second-order valence-corrected chi connectivity index (χ2v) is 7.24. The summed E-state index contributed by atoms with van der Waals surface area (Å²) in [6.45, 7) is 3.53. The molecule has 1 amide bonds. The molecule has 1 heterocycles. The fraction of sp³-hybridized carbons (Fsp3) is 0.154. The molecule has 1 aromatic heterocycles. The molecular formula is C26H25N3O2. The molecule has 0 bridgehead atoms. The summed E-state index contributed by atoms with van der Waals surface area (Å²) in [5.74, 6) is 1.53. The van der Waals surface area contributed by atoms with Gasteiger partial charge in [0, 0.05) is 6.08 Å². The molecule has 156 valence electrons. The molecule has 0 aliphatic carbocycles. The number of benzene rings is 3. The first-order valence-electron chi connectivity index (χ1n) is 10.3. The Kier molecular flexibility index (Phi) is 6.43. The molecular weight excluding hydrogens is 386 g/mol. The van der Waals surface area contributed by atoms with Gasteiger partial charge < -0.3 is 14.6 Å². The van der Waals surface area contributed by atoms with Crippen molar-refractivity contribution < 1.29 is 9.53 Å². The Morgan fingerprint density at radius 3 is 2.58 bits per heavy atom. The van der Waals surface area contributed by atoms with Gasteiger partial charge in [-0.05, 0) is 42.3 Å². The average molecular weight is 412 g/mol. The second-order valence-electron chi connectivity index (χ2n) is 7.24. The Balaban J connectivity index is 1.44. The van der Waals surface area contributed by atoms with Crippen molar-refractivity contribution in [2.24, 2.45) is 0 Å². The number of aromatic nitrogens is 2. The molecule has 5 heteroatoms. The molecule has 31 heavy (non-hydrogen) atoms. The van der Waals surface area contributed by atoms with E-state index in [2.05, 4.69) is 9.88 Å². The van der Waals surface area contributed by atoms with E-state index >= 15 is 0 Å². The zero-order valence-electron chi connectivity index (χ0n) is 17.5. The summed E-state index contributed by atoms with van der Waals surface area (Å²) >= 11 is 0. The van der Waals surface area contributed by atoms with E-state index < -0.39 is 0 Å². The fourth-order valence-electron chi connectivity index (χ4n) is 3.44. The second kappa shape index (κ2) is 9.76. The molecule has 4 aromatic rings. The van der Waals surface area contributed by atoms with Gasteiger partial charge in [-0.25, -0.2) is 4.98 Å². The number of amides is 1. The maximum Gasteiger partial charge on any atom is 0.244 e. The zero-order valence-corrected chi connectivity index (χ0v) is 17.5. The maximum atomic E-state index is 12.3. The Morgan fingerprint density at radius 1 is 1.00 bits per heavy atom. The lowest BCUT2D eigenvalue weighted by molar-refractivity contribution is -0.116. The van der Waals surface area contributed by atoms with Crippen LogP contribution in [0, 0.1) is 6.92 Å². The SMILES string of the molecule is Cc1ccccc1OCCn1c(CNC(=O)/C=C\c2ccccc2)nc2ccccc21. The predicted molar refractivity (Wildman–Crippen MR) is 124 cm³/mol. The highest BCUT2D eigenvalue weighted by atomic mass is 16.5. The van der Waals surface area contributed by atoms with Crippen molar-refractivity contribution in [3.8, 4) is 5.75 Å². The number of fused-ring (bicyclic) bond motifs is 1. The monoisotopic (exact) mass is 411 g/mol. The number of para-hydroxylation sites is 3. The van der Waals surface area contributed by atoms with Gasteiger partial charge in [-0.3, -0.25) is 4.79 Å². The number of aryl methyl sites for hydroxylation is 1. The standard InChI is InChI=1S/C26H25N3O2/c1-20-9-5-8-14-24(20)31-18-17-29-23-13-7-6-12-22(23)28-25(29)19-27-26(30)16-15-21-10-3-2-4-11-21/h2-16H,17-19H2,1H3,(H,27,30)/b16-15-. The van der Waals surface area contributed by atoms with Gasteiger partial charge in [0.2, 0.25) is 5.91 Å². The summed E-state index contributed by atoms with van der Waals surface area (Å²) in [6.07, 6.45) is 3.35. The molecule has 1 N–H and O–H groups in total. The minimum absolute atomic E-state index is 0.154. The van der Waals surface area contributed by atoms with Crippen LogP contribution in [0.25, 0.3) is 17.1 Å². The third-order valence-electron chi connectivity index (χ3n) is 5.05. The van der Waals surface area contributed by atoms with Gasteiger partial charge in [-0.15, -0.1) is 0 Å². The molecule has 0 unspecified atom stereocenters. The van der Waals surface area contributed by atoms with Crippen molar-refractivity contribution in [2.75, 3.05) is 6.61 Å². The first kappa shape index (κ1) is 20.4. The molecule has 4 rings (SSSR count). The van der Waals surface area contributed by atoms with E-state index in [1.165, 1.54) is 0 Å². The first-order chi connectivity index (χ1) is 15.2. The molecule has 0 saturated carbocycles. The Hall–Kier alpha value is -3.86. The Morgan fingerprint density at radius 2 is 1.74 bits per heavy atom. The average Bonchev–Trinajstić information content (AvgIpc) is 3.16. The number of nitrogens with zero attached hydrogens (tertiary/aromatic N) is 2. The summed E-state index contributed by atoms with van der Waals surface area (Å²) in [5, 5.41) is 2.94. The quantitative estimate of drug-likeness (QED) is 0.426. The van der Waals surface area contributed by atoms with Gasteiger partial charge in [-0.1, -0.05) is 60.7 Å². The number of carbonyl (C=O) groups excluding carboxylic acids is 1. The normalized spacial score (nSPS) is 11.1. The number of carbonyl (C=O) groups is 1. The van der Waals surface area contributed by atoms with Crippen molar-refractivity contribution in [1.29, 1.82) is 0 Å². The van der Waals surface area contributed by atoms with Crippen LogP contribution >= 0.6 is 0 Å². The van der Waals surface area contributed by atoms with Crippen LogP contribution < -0.4 is 10.1 Å². The highest BCUT2D eigenvalue weighted by Crippen LogP contribution is 2.18. The highest BCUT2D eigenvalue weighted by molar-refractivity contribution is 5.91. The number of hydrogen-bond donors (Lipinski definition) is 1. The van der Waals surface area contributed by atoms with Crippen LogP contribution in [0.2, 0.25) is 0 Å². The van der Waals surface area contributed by atoms with Gasteiger partial charge in [-0.2, -0.15) is 0 Å². The first-order valence-corrected chi connectivity index (χ1v) is 10.3. The summed E-state index contributed by atoms with van der Waals surface area (Å²) in [7, 11) is 0. The van der Waals surface area contributed by atoms with E-state index in [0.29, 0.717) is 19.7 Å². The molecule has 0 spiro atoms. The molecule has 0 saturated heterocycles. The van der Waals surface area contributed by atoms with E-state index in [1.807, 2.05) is 85.8 Å². The topological polar surface area (TPSA) is 56.1 Å². The van der Waals surface area contributed by atoms with Crippen molar-refractivity contribution in [2.45, 2.75) is 20.0 Å². The van der Waals surface area contributed by atoms with Crippen molar-refractivity contribution >= 4 is 23.0 Å². The molecule has 0 atom stereocenters. The van der Waals surface area contributed by atoms with Crippen LogP contribution in [0.4, 0.5) is 0 Å². The minimum atomic E-state index is -0.154. The van der Waals surface area contributed by atoms with E-state index in [4.69, 9.17) is 9.72 Å². The van der Waals surface area contributed by atoms with Crippen molar-refractivity contribution in [1.82, 2.24) is 14.9 Å². The van der Waals surface area contributed by atoms with Crippen LogP contribution in [0.3, 0.4) is 0 Å². The number of rotatable bonds is 8. The molecule has 5 nitrogen and oxygen atoms in total. The fourth-order valence-corrected chi connectivity index (χ4v) is 3.44. The lowest BCUT2D eigenvalue weighted by atomic mass is 10.2. The lowest BCUT2D eigenvalue weighted by Gasteiger charge is -2.12. The summed E-state index contributed by atoms with van der Waals surface area (Å²) in [5.41, 5.74) is 4.02. The van der Waals surface area contributed by atoms with E-state index in [9.17, 15) is 4.79 Å². The van der Waals surface area contributed by atoms with Crippen LogP contribution in [-0.4, -0.2) is 22.1 Å². The molecule has 0 radical (unpaired) electrons. The van der Waals surface area contributed by atoms with Crippen LogP contribution in [-0.2, 0) is 17.9 Å². The van der Waals surface area contributed by atoms with Crippen molar-refractivity contribution in [3.05, 3.63) is 102 Å². The van der Waals surface area contributed by atoms with Crippen LogP contribution in [0.1, 0.15) is 17.0 Å². The molecule has 0 aliphatic rings.